The number of nitrogens with two attached hydrogens (primary N) is 1. The van der Waals surface area contributed by atoms with Crippen molar-refractivity contribution in [3.05, 3.63) is 24.4 Å². The van der Waals surface area contributed by atoms with Gasteiger partial charge >= 0.3 is 6.03 Å². The van der Waals surface area contributed by atoms with Gasteiger partial charge in [-0.2, -0.15) is 0 Å². The minimum absolute atomic E-state index is 0.274. The standard InChI is InChI=1S/C13H19N5O2/c1-10(12(19)16-13(14)20)17-6-8-18(9-7-17)11-4-2-3-5-15-11/h2-5,10H,6-9H2,1H3,(H3,14,16,19,20)/p+2/t10-/m0/s1. The van der Waals surface area contributed by atoms with Crippen molar-refractivity contribution in [2.24, 2.45) is 5.73 Å². The molecule has 0 aromatic carbocycles. The fourth-order valence-electron chi connectivity index (χ4n) is 2.46. The summed E-state index contributed by atoms with van der Waals surface area (Å²) in [5.41, 5.74) is 4.97. The first kappa shape index (κ1) is 14.3. The molecule has 1 fully saturated rings. The number of nitrogens with one attached hydrogen (secondary N) is 3. The van der Waals surface area contributed by atoms with E-state index in [-0.39, 0.29) is 11.9 Å². The third-order valence-electron chi connectivity index (χ3n) is 3.69. The Balaban J connectivity index is 1.88. The lowest BCUT2D eigenvalue weighted by Crippen LogP contribution is -3.19. The molecule has 0 saturated carbocycles. The van der Waals surface area contributed by atoms with Gasteiger partial charge in [-0.3, -0.25) is 15.0 Å². The summed E-state index contributed by atoms with van der Waals surface area (Å²) in [6, 6.07) is 4.91. The van der Waals surface area contributed by atoms with Crippen LogP contribution in [0, 0.1) is 0 Å². The Morgan fingerprint density at radius 2 is 2.10 bits per heavy atom. The number of hydrogen-bond acceptors (Lipinski definition) is 3. The second-order valence-corrected chi connectivity index (χ2v) is 4.97. The molecule has 7 heteroatoms. The molecule has 1 aliphatic heterocycles. The van der Waals surface area contributed by atoms with Crippen molar-refractivity contribution in [2.45, 2.75) is 13.0 Å². The van der Waals surface area contributed by atoms with Gasteiger partial charge < -0.3 is 10.6 Å². The number of piperazine rings is 1. The van der Waals surface area contributed by atoms with Crippen LogP contribution in [0.4, 0.5) is 10.6 Å². The van der Waals surface area contributed by atoms with E-state index in [9.17, 15) is 9.59 Å². The van der Waals surface area contributed by atoms with E-state index >= 15 is 0 Å². The Kier molecular flexibility index (Phi) is 4.52. The van der Waals surface area contributed by atoms with Crippen LogP contribution in [0.3, 0.4) is 0 Å². The Hall–Kier alpha value is -2.15. The maximum atomic E-state index is 11.8. The predicted octanol–water partition coefficient (Wildman–Crippen LogP) is -2.21. The van der Waals surface area contributed by atoms with Crippen molar-refractivity contribution in [1.82, 2.24) is 5.32 Å². The minimum Gasteiger partial charge on any atom is -0.351 e. The van der Waals surface area contributed by atoms with Crippen LogP contribution in [0.1, 0.15) is 6.92 Å². The van der Waals surface area contributed by atoms with Gasteiger partial charge in [0.1, 0.15) is 26.2 Å². The van der Waals surface area contributed by atoms with E-state index in [0.717, 1.165) is 36.9 Å². The number of primary amides is 1. The molecule has 0 aliphatic carbocycles. The number of anilines is 1. The number of amides is 3. The number of pyridine rings is 1. The molecule has 1 saturated heterocycles. The van der Waals surface area contributed by atoms with Crippen molar-refractivity contribution in [1.29, 1.82) is 0 Å². The molecule has 108 valence electrons. The van der Waals surface area contributed by atoms with Crippen molar-refractivity contribution in [2.75, 3.05) is 31.1 Å². The number of rotatable bonds is 3. The van der Waals surface area contributed by atoms with Crippen LogP contribution < -0.4 is 25.8 Å². The fourth-order valence-corrected chi connectivity index (χ4v) is 2.46. The van der Waals surface area contributed by atoms with E-state index < -0.39 is 6.03 Å². The lowest BCUT2D eigenvalue weighted by molar-refractivity contribution is -0.914. The lowest BCUT2D eigenvalue weighted by Gasteiger charge is -2.31. The molecule has 1 aromatic rings. The third-order valence-corrected chi connectivity index (χ3v) is 3.69. The molecule has 3 amide bonds. The van der Waals surface area contributed by atoms with Crippen molar-refractivity contribution in [3.8, 4) is 0 Å². The summed E-state index contributed by atoms with van der Waals surface area (Å²) >= 11 is 0. The summed E-state index contributed by atoms with van der Waals surface area (Å²) in [5.74, 6) is 0.771. The second-order valence-electron chi connectivity index (χ2n) is 4.97. The highest BCUT2D eigenvalue weighted by molar-refractivity contribution is 5.95. The highest BCUT2D eigenvalue weighted by atomic mass is 16.2. The molecule has 2 rings (SSSR count). The monoisotopic (exact) mass is 279 g/mol. The summed E-state index contributed by atoms with van der Waals surface area (Å²) in [6.45, 7) is 5.23. The zero-order chi connectivity index (χ0) is 14.5. The SMILES string of the molecule is C[C@@H](C(=O)NC(N)=O)[NH+]1CCN(c2cccc[nH+]2)CC1. The lowest BCUT2D eigenvalue weighted by atomic mass is 10.2. The number of carbonyl (C=O) groups excluding carboxylic acids is 2. The zero-order valence-electron chi connectivity index (χ0n) is 11.6. The average molecular weight is 279 g/mol. The molecule has 0 bridgehead atoms. The van der Waals surface area contributed by atoms with Crippen LogP contribution in [0.15, 0.2) is 24.4 Å². The first-order valence-corrected chi connectivity index (χ1v) is 6.74. The highest BCUT2D eigenvalue weighted by Crippen LogP contribution is 2.04. The Morgan fingerprint density at radius 3 is 2.65 bits per heavy atom. The van der Waals surface area contributed by atoms with Crippen LogP contribution in [-0.4, -0.2) is 44.2 Å². The van der Waals surface area contributed by atoms with Crippen molar-refractivity contribution in [3.63, 3.8) is 0 Å². The van der Waals surface area contributed by atoms with Crippen LogP contribution in [0.5, 0.6) is 0 Å². The first-order chi connectivity index (χ1) is 9.58. The number of urea groups is 1. The number of hydrogen-bond donors (Lipinski definition) is 3. The number of aromatic nitrogens is 1. The maximum absolute atomic E-state index is 11.8. The molecular formula is C13H21N5O2+2. The van der Waals surface area contributed by atoms with Crippen molar-refractivity contribution >= 4 is 17.8 Å². The van der Waals surface area contributed by atoms with E-state index in [0.29, 0.717) is 0 Å². The summed E-state index contributed by atoms with van der Waals surface area (Å²) in [7, 11) is 0. The number of carbonyl (C=O) groups is 2. The number of aromatic amines is 1. The predicted molar refractivity (Wildman–Crippen MR) is 73.1 cm³/mol. The number of imide groups is 1. The topological polar surface area (TPSA) is 94.0 Å². The summed E-state index contributed by atoms with van der Waals surface area (Å²) in [5, 5.41) is 2.14. The van der Waals surface area contributed by atoms with Gasteiger partial charge in [-0.05, 0) is 13.0 Å². The van der Waals surface area contributed by atoms with Gasteiger partial charge in [-0.1, -0.05) is 6.07 Å². The van der Waals surface area contributed by atoms with Gasteiger partial charge in [0.05, 0.1) is 6.20 Å². The van der Waals surface area contributed by atoms with Gasteiger partial charge in [0.15, 0.2) is 6.04 Å². The molecule has 20 heavy (non-hydrogen) atoms. The van der Waals surface area contributed by atoms with Gasteiger partial charge in [-0.25, -0.2) is 9.78 Å². The molecule has 0 spiro atoms. The molecule has 1 aromatic heterocycles. The molecule has 1 atom stereocenters. The Bertz CT molecular complexity index is 471. The minimum atomic E-state index is -0.793. The van der Waals surface area contributed by atoms with Gasteiger partial charge in [-0.15, -0.1) is 0 Å². The van der Waals surface area contributed by atoms with E-state index in [1.54, 1.807) is 0 Å². The summed E-state index contributed by atoms with van der Waals surface area (Å²) in [6.07, 6.45) is 1.90. The molecule has 7 nitrogen and oxygen atoms in total. The number of quaternary nitrogens is 1. The molecular weight excluding hydrogens is 258 g/mol. The van der Waals surface area contributed by atoms with Crippen LogP contribution in [0.2, 0.25) is 0 Å². The molecule has 1 aliphatic rings. The smallest absolute Gasteiger partial charge is 0.319 e. The van der Waals surface area contributed by atoms with Crippen molar-refractivity contribution < 1.29 is 19.5 Å². The van der Waals surface area contributed by atoms with Crippen LogP contribution in [-0.2, 0) is 4.79 Å². The van der Waals surface area contributed by atoms with E-state index in [1.165, 1.54) is 0 Å². The van der Waals surface area contributed by atoms with Gasteiger partial charge in [0, 0.05) is 6.07 Å². The fraction of sp³-hybridized carbons (Fsp3) is 0.462. The van der Waals surface area contributed by atoms with Gasteiger partial charge in [0.25, 0.3) is 11.7 Å². The molecule has 5 N–H and O–H groups in total. The Morgan fingerprint density at radius 1 is 1.40 bits per heavy atom. The zero-order valence-corrected chi connectivity index (χ0v) is 11.6. The number of nitrogens with zero attached hydrogens (tertiary/aromatic N) is 1. The van der Waals surface area contributed by atoms with Gasteiger partial charge in [0.2, 0.25) is 0 Å². The first-order valence-electron chi connectivity index (χ1n) is 6.74. The van der Waals surface area contributed by atoms with Crippen LogP contribution >= 0.6 is 0 Å². The normalized spacial score (nSPS) is 17.6. The van der Waals surface area contributed by atoms with E-state index in [4.69, 9.17) is 5.73 Å². The van der Waals surface area contributed by atoms with Crippen LogP contribution in [0.25, 0.3) is 0 Å². The highest BCUT2D eigenvalue weighted by Gasteiger charge is 2.32. The average Bonchev–Trinajstić information content (AvgIpc) is 2.47. The summed E-state index contributed by atoms with van der Waals surface area (Å²) in [4.78, 5) is 29.1. The Labute approximate surface area is 117 Å². The largest absolute Gasteiger partial charge is 0.351 e. The number of H-pyrrole nitrogens is 1. The molecule has 0 radical (unpaired) electrons. The third kappa shape index (κ3) is 3.45. The van der Waals surface area contributed by atoms with E-state index in [1.807, 2.05) is 31.3 Å². The summed E-state index contributed by atoms with van der Waals surface area (Å²) < 4.78 is 0. The molecule has 2 heterocycles. The quantitative estimate of drug-likeness (QED) is 0.585. The second kappa shape index (κ2) is 6.33. The maximum Gasteiger partial charge on any atom is 0.319 e. The van der Waals surface area contributed by atoms with E-state index in [2.05, 4.69) is 15.2 Å². The molecule has 0 unspecified atom stereocenters.